The highest BCUT2D eigenvalue weighted by Gasteiger charge is 2.36. The van der Waals surface area contributed by atoms with E-state index in [0.29, 0.717) is 12.1 Å². The van der Waals surface area contributed by atoms with E-state index in [0.717, 1.165) is 16.8 Å². The number of esters is 1. The number of hydrogen-bond acceptors (Lipinski definition) is 5. The lowest BCUT2D eigenvalue weighted by Crippen LogP contribution is -2.27. The van der Waals surface area contributed by atoms with Gasteiger partial charge in [-0.2, -0.15) is 0 Å². The molecule has 0 aromatic heterocycles. The lowest BCUT2D eigenvalue weighted by Gasteiger charge is -2.20. The highest BCUT2D eigenvalue weighted by molar-refractivity contribution is 6.00. The summed E-state index contributed by atoms with van der Waals surface area (Å²) in [6.07, 6.45) is 0.118. The van der Waals surface area contributed by atoms with Crippen LogP contribution in [0.2, 0.25) is 0 Å². The van der Waals surface area contributed by atoms with Crippen LogP contribution in [0.3, 0.4) is 0 Å². The van der Waals surface area contributed by atoms with Gasteiger partial charge in [0, 0.05) is 30.8 Å². The number of anilines is 1. The summed E-state index contributed by atoms with van der Waals surface area (Å²) in [7, 11) is 0. The second kappa shape index (κ2) is 7.57. The Balaban J connectivity index is 1.62. The Labute approximate surface area is 156 Å². The number of carbonyl (C=O) groups excluding carboxylic acids is 2. The van der Waals surface area contributed by atoms with Gasteiger partial charge in [-0.3, -0.25) is 19.7 Å². The zero-order valence-electron chi connectivity index (χ0n) is 15.2. The molecule has 0 aliphatic carbocycles. The van der Waals surface area contributed by atoms with Gasteiger partial charge < -0.3 is 9.64 Å². The molecule has 0 saturated carbocycles. The van der Waals surface area contributed by atoms with Crippen molar-refractivity contribution in [2.45, 2.75) is 26.9 Å². The first-order valence-electron chi connectivity index (χ1n) is 8.63. The zero-order valence-corrected chi connectivity index (χ0v) is 15.2. The molecule has 7 nitrogen and oxygen atoms in total. The van der Waals surface area contributed by atoms with Crippen molar-refractivity contribution in [3.63, 3.8) is 0 Å². The SMILES string of the molecule is Cc1cccc(N2C[C@@H](C(=O)OCc3ccc([N+](=O)[O-])cc3)CC2=O)c1C. The summed E-state index contributed by atoms with van der Waals surface area (Å²) >= 11 is 0. The van der Waals surface area contributed by atoms with Crippen LogP contribution in [-0.4, -0.2) is 23.3 Å². The first kappa shape index (κ1) is 18.6. The number of nitrogens with zero attached hydrogens (tertiary/aromatic N) is 2. The van der Waals surface area contributed by atoms with E-state index in [1.54, 1.807) is 17.0 Å². The molecular formula is C20H20N2O5. The van der Waals surface area contributed by atoms with Gasteiger partial charge in [0.05, 0.1) is 10.8 Å². The van der Waals surface area contributed by atoms with Gasteiger partial charge in [-0.25, -0.2) is 0 Å². The van der Waals surface area contributed by atoms with Crippen molar-refractivity contribution in [3.8, 4) is 0 Å². The number of carbonyl (C=O) groups is 2. The van der Waals surface area contributed by atoms with E-state index in [2.05, 4.69) is 0 Å². The minimum absolute atomic E-state index is 0.0179. The number of amides is 1. The maximum absolute atomic E-state index is 12.4. The van der Waals surface area contributed by atoms with Crippen LogP contribution in [0.5, 0.6) is 0 Å². The Morgan fingerprint density at radius 3 is 2.59 bits per heavy atom. The molecule has 0 N–H and O–H groups in total. The molecule has 7 heteroatoms. The van der Waals surface area contributed by atoms with Crippen molar-refractivity contribution in [3.05, 3.63) is 69.3 Å². The highest BCUT2D eigenvalue weighted by Crippen LogP contribution is 2.30. The molecule has 0 bridgehead atoms. The van der Waals surface area contributed by atoms with E-state index in [4.69, 9.17) is 4.74 Å². The molecular weight excluding hydrogens is 348 g/mol. The van der Waals surface area contributed by atoms with Crippen LogP contribution in [0.15, 0.2) is 42.5 Å². The van der Waals surface area contributed by atoms with Gasteiger partial charge in [0.1, 0.15) is 6.61 Å². The zero-order chi connectivity index (χ0) is 19.6. The first-order chi connectivity index (χ1) is 12.9. The largest absolute Gasteiger partial charge is 0.461 e. The highest BCUT2D eigenvalue weighted by atomic mass is 16.6. The lowest BCUT2D eigenvalue weighted by molar-refractivity contribution is -0.384. The number of non-ortho nitro benzene ring substituents is 1. The minimum Gasteiger partial charge on any atom is -0.461 e. The lowest BCUT2D eigenvalue weighted by atomic mass is 10.1. The average Bonchev–Trinajstić information content (AvgIpc) is 3.04. The maximum Gasteiger partial charge on any atom is 0.311 e. The molecule has 1 heterocycles. The molecule has 2 aromatic rings. The first-order valence-corrected chi connectivity index (χ1v) is 8.63. The van der Waals surface area contributed by atoms with Crippen LogP contribution in [0, 0.1) is 29.9 Å². The van der Waals surface area contributed by atoms with Crippen molar-refractivity contribution in [2.24, 2.45) is 5.92 Å². The Hall–Kier alpha value is -3.22. The molecule has 1 atom stereocenters. The molecule has 1 aliphatic rings. The fraction of sp³-hybridized carbons (Fsp3) is 0.300. The van der Waals surface area contributed by atoms with Gasteiger partial charge in [-0.05, 0) is 48.7 Å². The standard InChI is InChI=1S/C20H20N2O5/c1-13-4-3-5-18(14(13)2)21-11-16(10-19(21)23)20(24)27-12-15-6-8-17(9-7-15)22(25)26/h3-9,16H,10-12H2,1-2H3/t16-/m0/s1. The molecule has 1 aliphatic heterocycles. The van der Waals surface area contributed by atoms with Gasteiger partial charge in [0.2, 0.25) is 5.91 Å². The van der Waals surface area contributed by atoms with Gasteiger partial charge >= 0.3 is 5.97 Å². The minimum atomic E-state index is -0.518. The molecule has 3 rings (SSSR count). The van der Waals surface area contributed by atoms with E-state index >= 15 is 0 Å². The van der Waals surface area contributed by atoms with Gasteiger partial charge in [0.15, 0.2) is 0 Å². The Morgan fingerprint density at radius 1 is 1.22 bits per heavy atom. The third-order valence-corrected chi connectivity index (χ3v) is 4.85. The van der Waals surface area contributed by atoms with E-state index in [9.17, 15) is 19.7 Å². The monoisotopic (exact) mass is 368 g/mol. The number of benzene rings is 2. The quantitative estimate of drug-likeness (QED) is 0.459. The van der Waals surface area contributed by atoms with Gasteiger partial charge in [0.25, 0.3) is 5.69 Å². The molecule has 2 aromatic carbocycles. The maximum atomic E-state index is 12.4. The van der Waals surface area contributed by atoms with Gasteiger partial charge in [-0.15, -0.1) is 0 Å². The molecule has 0 radical (unpaired) electrons. The number of hydrogen-bond donors (Lipinski definition) is 0. The van der Waals surface area contributed by atoms with Crippen molar-refractivity contribution in [2.75, 3.05) is 11.4 Å². The third-order valence-electron chi connectivity index (χ3n) is 4.85. The smallest absolute Gasteiger partial charge is 0.311 e. The predicted molar refractivity (Wildman–Crippen MR) is 99.3 cm³/mol. The van der Waals surface area contributed by atoms with E-state index in [1.165, 1.54) is 12.1 Å². The molecule has 0 spiro atoms. The van der Waals surface area contributed by atoms with Crippen molar-refractivity contribution in [1.29, 1.82) is 0 Å². The van der Waals surface area contributed by atoms with E-state index in [1.807, 2.05) is 32.0 Å². The molecule has 27 heavy (non-hydrogen) atoms. The summed E-state index contributed by atoms with van der Waals surface area (Å²) < 4.78 is 5.31. The second-order valence-electron chi connectivity index (χ2n) is 6.66. The summed E-state index contributed by atoms with van der Waals surface area (Å²) in [5.41, 5.74) is 3.57. The number of ether oxygens (including phenoxy) is 1. The fourth-order valence-corrected chi connectivity index (χ4v) is 3.11. The third kappa shape index (κ3) is 3.97. The topological polar surface area (TPSA) is 89.8 Å². The molecule has 140 valence electrons. The molecule has 0 unspecified atom stereocenters. The van der Waals surface area contributed by atoms with Gasteiger partial charge in [-0.1, -0.05) is 12.1 Å². The van der Waals surface area contributed by atoms with Crippen LogP contribution in [0.4, 0.5) is 11.4 Å². The van der Waals surface area contributed by atoms with Crippen molar-refractivity contribution < 1.29 is 19.2 Å². The Bertz CT molecular complexity index is 892. The van der Waals surface area contributed by atoms with Crippen LogP contribution in [-0.2, 0) is 20.9 Å². The Morgan fingerprint density at radius 2 is 1.93 bits per heavy atom. The molecule has 1 amide bonds. The van der Waals surface area contributed by atoms with Crippen LogP contribution in [0.25, 0.3) is 0 Å². The number of nitro benzene ring substituents is 1. The summed E-state index contributed by atoms with van der Waals surface area (Å²) in [5, 5.41) is 10.7. The van der Waals surface area contributed by atoms with Crippen molar-refractivity contribution >= 4 is 23.3 Å². The van der Waals surface area contributed by atoms with Crippen LogP contribution in [0.1, 0.15) is 23.1 Å². The normalized spacial score (nSPS) is 16.4. The summed E-state index contributed by atoms with van der Waals surface area (Å²) in [5.74, 6) is -1.05. The van der Waals surface area contributed by atoms with Crippen molar-refractivity contribution in [1.82, 2.24) is 0 Å². The van der Waals surface area contributed by atoms with E-state index in [-0.39, 0.29) is 24.6 Å². The fourth-order valence-electron chi connectivity index (χ4n) is 3.11. The van der Waals surface area contributed by atoms with Crippen LogP contribution < -0.4 is 4.90 Å². The Kier molecular flexibility index (Phi) is 5.21. The summed E-state index contributed by atoms with van der Waals surface area (Å²) in [6.45, 7) is 4.25. The summed E-state index contributed by atoms with van der Waals surface area (Å²) in [4.78, 5) is 36.6. The average molecular weight is 368 g/mol. The molecule has 1 saturated heterocycles. The second-order valence-corrected chi connectivity index (χ2v) is 6.66. The van der Waals surface area contributed by atoms with Crippen LogP contribution >= 0.6 is 0 Å². The number of aryl methyl sites for hydroxylation is 1. The predicted octanol–water partition coefficient (Wildman–Crippen LogP) is 3.31. The number of rotatable bonds is 5. The summed E-state index contributed by atoms with van der Waals surface area (Å²) in [6, 6.07) is 11.6. The number of nitro groups is 1. The van der Waals surface area contributed by atoms with E-state index < -0.39 is 16.8 Å². The molecule has 1 fully saturated rings.